The van der Waals surface area contributed by atoms with Gasteiger partial charge in [0.1, 0.15) is 5.15 Å². The van der Waals surface area contributed by atoms with Crippen LogP contribution in [0.4, 0.5) is 14.5 Å². The Labute approximate surface area is 129 Å². The molecule has 21 heavy (non-hydrogen) atoms. The predicted octanol–water partition coefficient (Wildman–Crippen LogP) is 4.16. The number of amides is 1. The minimum absolute atomic E-state index is 0.0682. The molecule has 2 rings (SSSR count). The average molecular weight is 331 g/mol. The van der Waals surface area contributed by atoms with Crippen LogP contribution in [0.25, 0.3) is 0 Å². The molecule has 1 amide bonds. The summed E-state index contributed by atoms with van der Waals surface area (Å²) in [5.74, 6) is -2.38. The summed E-state index contributed by atoms with van der Waals surface area (Å²) in [7, 11) is 0. The van der Waals surface area contributed by atoms with Gasteiger partial charge in [0, 0.05) is 0 Å². The number of hydrogen-bond donors (Lipinski definition) is 1. The maximum atomic E-state index is 13.1. The molecule has 0 aliphatic rings. The third-order valence-electron chi connectivity index (χ3n) is 2.75. The normalized spacial score (nSPS) is 10.5. The number of rotatable bonds is 3. The first-order chi connectivity index (χ1) is 9.86. The first kappa shape index (κ1) is 15.7. The van der Waals surface area contributed by atoms with Crippen LogP contribution in [0.3, 0.4) is 0 Å². The quantitative estimate of drug-likeness (QED) is 0.859. The van der Waals surface area contributed by atoms with Gasteiger partial charge in [0.05, 0.1) is 12.1 Å². The first-order valence-electron chi connectivity index (χ1n) is 5.93. The summed E-state index contributed by atoms with van der Waals surface area (Å²) >= 11 is 11.6. The summed E-state index contributed by atoms with van der Waals surface area (Å²) in [6.45, 7) is 1.71. The van der Waals surface area contributed by atoms with Crippen LogP contribution in [0.15, 0.2) is 24.3 Å². The monoisotopic (exact) mass is 330 g/mol. The summed E-state index contributed by atoms with van der Waals surface area (Å²) in [5.41, 5.74) is 1.34. The second kappa shape index (κ2) is 6.37. The minimum Gasteiger partial charge on any atom is -0.323 e. The van der Waals surface area contributed by atoms with E-state index in [1.807, 2.05) is 0 Å². The summed E-state index contributed by atoms with van der Waals surface area (Å²) in [6.07, 6.45) is -0.115. The van der Waals surface area contributed by atoms with Gasteiger partial charge in [0.25, 0.3) is 0 Å². The van der Waals surface area contributed by atoms with Crippen LogP contribution in [-0.4, -0.2) is 10.9 Å². The maximum Gasteiger partial charge on any atom is 0.228 e. The van der Waals surface area contributed by atoms with E-state index >= 15 is 0 Å². The molecule has 1 heterocycles. The summed E-state index contributed by atoms with van der Waals surface area (Å²) in [4.78, 5) is 15.7. The molecule has 7 heteroatoms. The number of carbonyl (C=O) groups is 1. The Morgan fingerprint density at radius 3 is 2.57 bits per heavy atom. The van der Waals surface area contributed by atoms with Crippen LogP contribution in [-0.2, 0) is 11.2 Å². The van der Waals surface area contributed by atoms with Crippen molar-refractivity contribution < 1.29 is 13.6 Å². The third-order valence-corrected chi connectivity index (χ3v) is 3.22. The number of pyridine rings is 1. The number of halogens is 4. The van der Waals surface area contributed by atoms with E-state index in [0.717, 1.165) is 12.1 Å². The van der Waals surface area contributed by atoms with E-state index in [1.165, 1.54) is 6.07 Å². The Morgan fingerprint density at radius 1 is 1.24 bits per heavy atom. The molecule has 110 valence electrons. The summed E-state index contributed by atoms with van der Waals surface area (Å²) in [6, 6.07) is 4.84. The van der Waals surface area contributed by atoms with Gasteiger partial charge in [-0.1, -0.05) is 29.3 Å². The lowest BCUT2D eigenvalue weighted by Crippen LogP contribution is -2.16. The number of anilines is 1. The van der Waals surface area contributed by atoms with Gasteiger partial charge >= 0.3 is 0 Å². The Bertz CT molecular complexity index is 684. The van der Waals surface area contributed by atoms with Crippen molar-refractivity contribution in [3.05, 3.63) is 57.3 Å². The van der Waals surface area contributed by atoms with E-state index in [1.54, 1.807) is 13.0 Å². The second-order valence-corrected chi connectivity index (χ2v) is 5.15. The molecule has 3 nitrogen and oxygen atoms in total. The highest BCUT2D eigenvalue weighted by molar-refractivity contribution is 6.34. The first-order valence-corrected chi connectivity index (χ1v) is 6.69. The largest absolute Gasteiger partial charge is 0.323 e. The molecule has 0 aliphatic heterocycles. The van der Waals surface area contributed by atoms with Gasteiger partial charge in [0.15, 0.2) is 16.8 Å². The molecule has 0 saturated carbocycles. The Kier molecular flexibility index (Phi) is 4.75. The van der Waals surface area contributed by atoms with Gasteiger partial charge in [-0.3, -0.25) is 4.79 Å². The highest BCUT2D eigenvalue weighted by Crippen LogP contribution is 2.26. The lowest BCUT2D eigenvalue weighted by atomic mass is 10.1. The van der Waals surface area contributed by atoms with Crippen LogP contribution in [0.5, 0.6) is 0 Å². The number of aryl methyl sites for hydroxylation is 1. The van der Waals surface area contributed by atoms with Crippen molar-refractivity contribution in [2.24, 2.45) is 0 Å². The van der Waals surface area contributed by atoms with Gasteiger partial charge in [-0.15, -0.1) is 0 Å². The third kappa shape index (κ3) is 3.89. The molecule has 0 bridgehead atoms. The fourth-order valence-electron chi connectivity index (χ4n) is 1.76. The molecule has 0 radical (unpaired) electrons. The zero-order chi connectivity index (χ0) is 15.6. The van der Waals surface area contributed by atoms with E-state index < -0.39 is 17.5 Å². The molecule has 0 fully saturated rings. The average Bonchev–Trinajstić information content (AvgIpc) is 2.38. The molecule has 0 spiro atoms. The number of nitrogens with one attached hydrogen (secondary N) is 1. The molecule has 1 aromatic heterocycles. The van der Waals surface area contributed by atoms with Gasteiger partial charge in [-0.25, -0.2) is 13.8 Å². The van der Waals surface area contributed by atoms with Gasteiger partial charge in [-0.2, -0.15) is 0 Å². The van der Waals surface area contributed by atoms with Crippen LogP contribution in [0, 0.1) is 18.6 Å². The number of benzene rings is 1. The highest BCUT2D eigenvalue weighted by Gasteiger charge is 2.12. The van der Waals surface area contributed by atoms with Crippen molar-refractivity contribution in [1.82, 2.24) is 4.98 Å². The Balaban J connectivity index is 2.13. The van der Waals surface area contributed by atoms with Crippen molar-refractivity contribution in [2.75, 3.05) is 5.32 Å². The van der Waals surface area contributed by atoms with Crippen molar-refractivity contribution in [3.63, 3.8) is 0 Å². The Hall–Kier alpha value is -1.72. The molecule has 1 N–H and O–H groups in total. The predicted molar refractivity (Wildman–Crippen MR) is 77.7 cm³/mol. The van der Waals surface area contributed by atoms with Crippen LogP contribution in [0.2, 0.25) is 10.3 Å². The maximum absolute atomic E-state index is 13.1. The zero-order valence-electron chi connectivity index (χ0n) is 10.9. The van der Waals surface area contributed by atoms with Crippen LogP contribution in [0.1, 0.15) is 11.1 Å². The number of aromatic nitrogens is 1. The second-order valence-electron chi connectivity index (χ2n) is 4.40. The molecular formula is C14H10Cl2F2N2O. The van der Waals surface area contributed by atoms with Crippen molar-refractivity contribution in [3.8, 4) is 0 Å². The zero-order valence-corrected chi connectivity index (χ0v) is 12.4. The number of hydrogen-bond acceptors (Lipinski definition) is 2. The van der Waals surface area contributed by atoms with Gasteiger partial charge in [-0.05, 0) is 36.2 Å². The lowest BCUT2D eigenvalue weighted by Gasteiger charge is -2.10. The van der Waals surface area contributed by atoms with E-state index in [4.69, 9.17) is 23.2 Å². The topological polar surface area (TPSA) is 42.0 Å². The van der Waals surface area contributed by atoms with Gasteiger partial charge in [0.2, 0.25) is 5.91 Å². The molecule has 1 aromatic carbocycles. The number of carbonyl (C=O) groups excluding carboxylic acids is 1. The van der Waals surface area contributed by atoms with Crippen molar-refractivity contribution in [2.45, 2.75) is 13.3 Å². The highest BCUT2D eigenvalue weighted by atomic mass is 35.5. The fraction of sp³-hybridized carbons (Fsp3) is 0.143. The minimum atomic E-state index is -0.998. The SMILES string of the molecule is Cc1cc(Cl)nc(Cl)c1NC(=O)Cc1ccc(F)c(F)c1. The molecule has 0 aliphatic carbocycles. The Morgan fingerprint density at radius 2 is 1.95 bits per heavy atom. The van der Waals surface area contributed by atoms with E-state index in [-0.39, 0.29) is 16.7 Å². The van der Waals surface area contributed by atoms with Crippen molar-refractivity contribution >= 4 is 34.8 Å². The van der Waals surface area contributed by atoms with E-state index in [0.29, 0.717) is 16.8 Å². The van der Waals surface area contributed by atoms with Gasteiger partial charge < -0.3 is 5.32 Å². The summed E-state index contributed by atoms with van der Waals surface area (Å²) < 4.78 is 25.9. The number of nitrogens with zero attached hydrogens (tertiary/aromatic N) is 1. The molecule has 0 saturated heterocycles. The van der Waals surface area contributed by atoms with E-state index in [2.05, 4.69) is 10.3 Å². The molecule has 0 unspecified atom stereocenters. The van der Waals surface area contributed by atoms with Crippen molar-refractivity contribution in [1.29, 1.82) is 0 Å². The smallest absolute Gasteiger partial charge is 0.228 e. The van der Waals surface area contributed by atoms with Crippen LogP contribution >= 0.6 is 23.2 Å². The van der Waals surface area contributed by atoms with Crippen LogP contribution < -0.4 is 5.32 Å². The lowest BCUT2D eigenvalue weighted by molar-refractivity contribution is -0.115. The fourth-order valence-corrected chi connectivity index (χ4v) is 2.34. The molecular weight excluding hydrogens is 321 g/mol. The summed E-state index contributed by atoms with van der Waals surface area (Å²) in [5, 5.41) is 2.87. The molecule has 2 aromatic rings. The van der Waals surface area contributed by atoms with E-state index in [9.17, 15) is 13.6 Å². The molecule has 0 atom stereocenters. The standard InChI is InChI=1S/C14H10Cl2F2N2O/c1-7-4-11(15)19-14(16)13(7)20-12(21)6-8-2-3-9(17)10(18)5-8/h2-5H,6H2,1H3,(H,20,21).